The second-order valence-corrected chi connectivity index (χ2v) is 7.42. The van der Waals surface area contributed by atoms with E-state index in [1.165, 1.54) is 55.6 Å². The van der Waals surface area contributed by atoms with Gasteiger partial charge in [0.15, 0.2) is 0 Å². The minimum Gasteiger partial charge on any atom is -0.0622 e. The molecular formula is C27H22. The quantitative estimate of drug-likeness (QED) is 0.317. The first kappa shape index (κ1) is 16.1. The lowest BCUT2D eigenvalue weighted by Gasteiger charge is -2.21. The van der Waals surface area contributed by atoms with E-state index in [0.29, 0.717) is 0 Å². The Morgan fingerprint density at radius 2 is 1.04 bits per heavy atom. The summed E-state index contributed by atoms with van der Waals surface area (Å²) >= 11 is 0. The van der Waals surface area contributed by atoms with Crippen molar-refractivity contribution in [1.29, 1.82) is 0 Å². The van der Waals surface area contributed by atoms with Crippen LogP contribution in [0.2, 0.25) is 0 Å². The highest BCUT2D eigenvalue weighted by Crippen LogP contribution is 2.49. The normalized spacial score (nSPS) is 11.9. The Bertz CT molecular complexity index is 1140. The summed E-state index contributed by atoms with van der Waals surface area (Å²) in [5.41, 5.74) is 14.0. The fraction of sp³-hybridized carbons (Fsp3) is 0.111. The first-order valence-corrected chi connectivity index (χ1v) is 9.61. The minimum atomic E-state index is 1.01. The van der Waals surface area contributed by atoms with Crippen LogP contribution in [0.5, 0.6) is 0 Å². The molecule has 27 heavy (non-hydrogen) atoms. The maximum Gasteiger partial charge on any atom is -0.000696 e. The standard InChI is InChI=1S/C27H22/c1-18-19(2)26-23-16-10-9-15-22(23)17-24(26)27(21-13-7-4-8-14-21)25(18)20-11-5-3-6-12-20/h3-16H,17H2,1-2H3. The van der Waals surface area contributed by atoms with E-state index in [-0.39, 0.29) is 0 Å². The van der Waals surface area contributed by atoms with Gasteiger partial charge in [-0.25, -0.2) is 0 Å². The fourth-order valence-corrected chi connectivity index (χ4v) is 4.60. The minimum absolute atomic E-state index is 1.01. The third-order valence-corrected chi connectivity index (χ3v) is 5.94. The van der Waals surface area contributed by atoms with E-state index in [9.17, 15) is 0 Å². The summed E-state index contributed by atoms with van der Waals surface area (Å²) in [6.45, 7) is 4.57. The molecule has 0 heterocycles. The van der Waals surface area contributed by atoms with Crippen molar-refractivity contribution in [3.63, 3.8) is 0 Å². The maximum atomic E-state index is 2.29. The molecule has 0 amide bonds. The summed E-state index contributed by atoms with van der Waals surface area (Å²) in [5.74, 6) is 0. The van der Waals surface area contributed by atoms with Gasteiger partial charge >= 0.3 is 0 Å². The SMILES string of the molecule is Cc1c(C)c(-c2ccccc2)c(-c2ccccc2)c2c1-c1ccccc1C2. The molecule has 0 bridgehead atoms. The van der Waals surface area contributed by atoms with E-state index in [1.54, 1.807) is 0 Å². The monoisotopic (exact) mass is 346 g/mol. The van der Waals surface area contributed by atoms with E-state index in [2.05, 4.69) is 98.8 Å². The molecular weight excluding hydrogens is 324 g/mol. The first-order valence-electron chi connectivity index (χ1n) is 9.61. The molecule has 0 spiro atoms. The number of benzene rings is 4. The van der Waals surface area contributed by atoms with Crippen molar-refractivity contribution < 1.29 is 0 Å². The molecule has 0 N–H and O–H groups in total. The zero-order valence-corrected chi connectivity index (χ0v) is 15.8. The van der Waals surface area contributed by atoms with Crippen LogP contribution in [-0.2, 0) is 6.42 Å². The molecule has 1 aliphatic carbocycles. The molecule has 0 radical (unpaired) electrons. The van der Waals surface area contributed by atoms with Gasteiger partial charge < -0.3 is 0 Å². The summed E-state index contributed by atoms with van der Waals surface area (Å²) in [6.07, 6.45) is 1.01. The molecule has 4 aromatic carbocycles. The van der Waals surface area contributed by atoms with Crippen molar-refractivity contribution in [2.45, 2.75) is 20.3 Å². The van der Waals surface area contributed by atoms with Gasteiger partial charge in [-0.15, -0.1) is 0 Å². The van der Waals surface area contributed by atoms with Gasteiger partial charge in [0.2, 0.25) is 0 Å². The second kappa shape index (κ2) is 6.25. The molecule has 0 saturated heterocycles. The van der Waals surface area contributed by atoms with Crippen LogP contribution in [0.15, 0.2) is 84.9 Å². The fourth-order valence-electron chi connectivity index (χ4n) is 4.60. The summed E-state index contributed by atoms with van der Waals surface area (Å²) in [4.78, 5) is 0. The molecule has 0 nitrogen and oxygen atoms in total. The van der Waals surface area contributed by atoms with E-state index in [4.69, 9.17) is 0 Å². The van der Waals surface area contributed by atoms with Gasteiger partial charge in [0.05, 0.1) is 0 Å². The average Bonchev–Trinajstić information content (AvgIpc) is 3.11. The predicted octanol–water partition coefficient (Wildman–Crippen LogP) is 7.21. The molecule has 4 aromatic rings. The van der Waals surface area contributed by atoms with Crippen molar-refractivity contribution in [1.82, 2.24) is 0 Å². The van der Waals surface area contributed by atoms with Crippen LogP contribution < -0.4 is 0 Å². The number of hydrogen-bond donors (Lipinski definition) is 0. The smallest absolute Gasteiger partial charge is 0.000696 e. The number of hydrogen-bond acceptors (Lipinski definition) is 0. The maximum absolute atomic E-state index is 2.29. The molecule has 0 aliphatic heterocycles. The third kappa shape index (κ3) is 2.44. The van der Waals surface area contributed by atoms with E-state index in [0.717, 1.165) is 6.42 Å². The Morgan fingerprint density at radius 1 is 0.519 bits per heavy atom. The Hall–Kier alpha value is -3.12. The lowest BCUT2D eigenvalue weighted by atomic mass is 9.82. The van der Waals surface area contributed by atoms with Crippen LogP contribution >= 0.6 is 0 Å². The number of rotatable bonds is 2. The van der Waals surface area contributed by atoms with Crippen molar-refractivity contribution in [2.75, 3.05) is 0 Å². The van der Waals surface area contributed by atoms with E-state index in [1.807, 2.05) is 0 Å². The molecule has 0 aromatic heterocycles. The van der Waals surface area contributed by atoms with Gasteiger partial charge in [-0.2, -0.15) is 0 Å². The van der Waals surface area contributed by atoms with Crippen LogP contribution in [0.3, 0.4) is 0 Å². The molecule has 5 rings (SSSR count). The van der Waals surface area contributed by atoms with E-state index >= 15 is 0 Å². The van der Waals surface area contributed by atoms with Crippen LogP contribution in [-0.4, -0.2) is 0 Å². The molecule has 0 fully saturated rings. The van der Waals surface area contributed by atoms with Crippen molar-refractivity contribution in [2.24, 2.45) is 0 Å². The van der Waals surface area contributed by atoms with Crippen molar-refractivity contribution >= 4 is 0 Å². The van der Waals surface area contributed by atoms with Crippen LogP contribution in [0.25, 0.3) is 33.4 Å². The molecule has 0 heteroatoms. The first-order chi connectivity index (χ1) is 13.3. The zero-order valence-electron chi connectivity index (χ0n) is 15.8. The van der Waals surface area contributed by atoms with Gasteiger partial charge in [-0.05, 0) is 75.9 Å². The highest BCUT2D eigenvalue weighted by Gasteiger charge is 2.27. The molecule has 0 unspecified atom stereocenters. The van der Waals surface area contributed by atoms with Crippen LogP contribution in [0, 0.1) is 13.8 Å². The third-order valence-electron chi connectivity index (χ3n) is 5.94. The van der Waals surface area contributed by atoms with Gasteiger partial charge in [0.25, 0.3) is 0 Å². The zero-order chi connectivity index (χ0) is 18.4. The van der Waals surface area contributed by atoms with Gasteiger partial charge in [-0.3, -0.25) is 0 Å². The summed E-state index contributed by atoms with van der Waals surface area (Å²) < 4.78 is 0. The lowest BCUT2D eigenvalue weighted by molar-refractivity contribution is 1.24. The molecule has 1 aliphatic rings. The largest absolute Gasteiger partial charge is 0.0622 e. The van der Waals surface area contributed by atoms with Gasteiger partial charge in [0, 0.05) is 0 Å². The summed E-state index contributed by atoms with van der Waals surface area (Å²) in [6, 6.07) is 30.6. The second-order valence-electron chi connectivity index (χ2n) is 7.42. The summed E-state index contributed by atoms with van der Waals surface area (Å²) in [5, 5.41) is 0. The van der Waals surface area contributed by atoms with Crippen LogP contribution in [0.4, 0.5) is 0 Å². The van der Waals surface area contributed by atoms with Crippen LogP contribution in [0.1, 0.15) is 22.3 Å². The molecule has 0 atom stereocenters. The van der Waals surface area contributed by atoms with Crippen molar-refractivity contribution in [3.8, 4) is 33.4 Å². The van der Waals surface area contributed by atoms with Gasteiger partial charge in [-0.1, -0.05) is 84.9 Å². The predicted molar refractivity (Wildman–Crippen MR) is 115 cm³/mol. The topological polar surface area (TPSA) is 0 Å². The van der Waals surface area contributed by atoms with Gasteiger partial charge in [0.1, 0.15) is 0 Å². The molecule has 0 saturated carbocycles. The molecule has 130 valence electrons. The average molecular weight is 346 g/mol. The number of fused-ring (bicyclic) bond motifs is 3. The Kier molecular flexibility index (Phi) is 3.72. The Morgan fingerprint density at radius 3 is 1.70 bits per heavy atom. The summed E-state index contributed by atoms with van der Waals surface area (Å²) in [7, 11) is 0. The Balaban J connectivity index is 1.92. The van der Waals surface area contributed by atoms with E-state index < -0.39 is 0 Å². The van der Waals surface area contributed by atoms with Crippen molar-refractivity contribution in [3.05, 3.63) is 107 Å². The lowest BCUT2D eigenvalue weighted by Crippen LogP contribution is -1.99. The highest BCUT2D eigenvalue weighted by molar-refractivity contribution is 5.97. The Labute approximate surface area is 161 Å². The highest BCUT2D eigenvalue weighted by atomic mass is 14.3.